The van der Waals surface area contributed by atoms with Crippen LogP contribution in [0.2, 0.25) is 0 Å². The molecule has 5 heteroatoms. The van der Waals surface area contributed by atoms with E-state index in [0.717, 1.165) is 15.3 Å². The van der Waals surface area contributed by atoms with E-state index in [2.05, 4.69) is 4.98 Å². The third-order valence-electron chi connectivity index (χ3n) is 2.95. The van der Waals surface area contributed by atoms with Crippen molar-refractivity contribution in [3.63, 3.8) is 0 Å². The second-order valence-corrected chi connectivity index (χ2v) is 5.26. The molecule has 102 valence electrons. The molecule has 3 rings (SSSR count). The Hall–Kier alpha value is -2.14. The van der Waals surface area contributed by atoms with Gasteiger partial charge in [0.05, 0.1) is 24.4 Å². The number of hydrogen-bond donors (Lipinski definition) is 0. The largest absolute Gasteiger partial charge is 0.497 e. The van der Waals surface area contributed by atoms with Crippen molar-refractivity contribution in [1.29, 1.82) is 0 Å². The molecule has 0 bridgehead atoms. The summed E-state index contributed by atoms with van der Waals surface area (Å²) in [7, 11) is 3.21. The maximum atomic E-state index is 13.2. The highest BCUT2D eigenvalue weighted by Crippen LogP contribution is 2.34. The van der Waals surface area contributed by atoms with Gasteiger partial charge in [0.25, 0.3) is 0 Å². The molecule has 1 heterocycles. The molecule has 0 aliphatic carbocycles. The Kier molecular flexibility index (Phi) is 3.28. The number of methoxy groups -OCH3 is 2. The summed E-state index contributed by atoms with van der Waals surface area (Å²) in [4.78, 5) is 4.46. The molecule has 3 aromatic rings. The van der Waals surface area contributed by atoms with Gasteiger partial charge in [0.2, 0.25) is 0 Å². The van der Waals surface area contributed by atoms with E-state index in [1.165, 1.54) is 23.5 Å². The van der Waals surface area contributed by atoms with Crippen LogP contribution in [0, 0.1) is 5.82 Å². The second kappa shape index (κ2) is 5.09. The van der Waals surface area contributed by atoms with E-state index in [4.69, 9.17) is 9.47 Å². The third-order valence-corrected chi connectivity index (χ3v) is 4.03. The van der Waals surface area contributed by atoms with Gasteiger partial charge in [0.1, 0.15) is 22.3 Å². The average Bonchev–Trinajstić information content (AvgIpc) is 2.89. The fourth-order valence-electron chi connectivity index (χ4n) is 1.95. The highest BCUT2D eigenvalue weighted by molar-refractivity contribution is 7.21. The monoisotopic (exact) mass is 289 g/mol. The predicted octanol–water partition coefficient (Wildman–Crippen LogP) is 4.12. The van der Waals surface area contributed by atoms with Crippen molar-refractivity contribution >= 4 is 21.6 Å². The Morgan fingerprint density at radius 1 is 1.00 bits per heavy atom. The molecule has 0 radical (unpaired) electrons. The first-order valence-electron chi connectivity index (χ1n) is 5.99. The Balaban J connectivity index is 2.14. The van der Waals surface area contributed by atoms with Crippen molar-refractivity contribution in [2.75, 3.05) is 14.2 Å². The molecule has 0 N–H and O–H groups in total. The van der Waals surface area contributed by atoms with Crippen LogP contribution in [0.15, 0.2) is 36.4 Å². The smallest absolute Gasteiger partial charge is 0.125 e. The summed E-state index contributed by atoms with van der Waals surface area (Å²) >= 11 is 1.51. The number of thiazole rings is 1. The Morgan fingerprint density at radius 2 is 1.70 bits per heavy atom. The van der Waals surface area contributed by atoms with E-state index in [1.807, 2.05) is 12.1 Å². The Morgan fingerprint density at radius 3 is 2.35 bits per heavy atom. The van der Waals surface area contributed by atoms with Gasteiger partial charge in [-0.25, -0.2) is 9.37 Å². The third kappa shape index (κ3) is 2.32. The molecule has 0 aliphatic rings. The van der Waals surface area contributed by atoms with Gasteiger partial charge in [-0.15, -0.1) is 11.3 Å². The molecule has 0 atom stereocenters. The van der Waals surface area contributed by atoms with Gasteiger partial charge in [0, 0.05) is 17.7 Å². The average molecular weight is 289 g/mol. The first kappa shape index (κ1) is 12.9. The van der Waals surface area contributed by atoms with E-state index < -0.39 is 0 Å². The number of rotatable bonds is 3. The molecule has 0 amide bonds. The van der Waals surface area contributed by atoms with Gasteiger partial charge in [-0.2, -0.15) is 0 Å². The standard InChI is InChI=1S/C15H12FNO2S/c1-18-11-5-9(6-12(8-11)19-2)15-17-13-7-10(16)3-4-14(13)20-15/h3-8H,1-2H3. The van der Waals surface area contributed by atoms with Crippen LogP contribution in [0.1, 0.15) is 0 Å². The second-order valence-electron chi connectivity index (χ2n) is 4.23. The van der Waals surface area contributed by atoms with E-state index in [1.54, 1.807) is 26.4 Å². The Bertz CT molecular complexity index is 747. The Labute approximate surface area is 119 Å². The summed E-state index contributed by atoms with van der Waals surface area (Å²) < 4.78 is 24.7. The van der Waals surface area contributed by atoms with Crippen LogP contribution in [0.5, 0.6) is 11.5 Å². The van der Waals surface area contributed by atoms with Crippen LogP contribution < -0.4 is 9.47 Å². The van der Waals surface area contributed by atoms with Gasteiger partial charge in [0.15, 0.2) is 0 Å². The summed E-state index contributed by atoms with van der Waals surface area (Å²) in [5.74, 6) is 1.12. The molecule has 3 nitrogen and oxygen atoms in total. The molecule has 0 fully saturated rings. The lowest BCUT2D eigenvalue weighted by Crippen LogP contribution is -1.88. The molecule has 0 aliphatic heterocycles. The first-order chi connectivity index (χ1) is 9.69. The van der Waals surface area contributed by atoms with Crippen LogP contribution in [0.4, 0.5) is 4.39 Å². The number of hydrogen-bond acceptors (Lipinski definition) is 4. The topological polar surface area (TPSA) is 31.4 Å². The van der Waals surface area contributed by atoms with Crippen LogP contribution in [0.3, 0.4) is 0 Å². The minimum atomic E-state index is -0.280. The molecule has 0 spiro atoms. The number of nitrogens with zero attached hydrogens (tertiary/aromatic N) is 1. The van der Waals surface area contributed by atoms with Gasteiger partial charge < -0.3 is 9.47 Å². The molecule has 20 heavy (non-hydrogen) atoms. The molecule has 2 aromatic carbocycles. The number of benzene rings is 2. The van der Waals surface area contributed by atoms with Gasteiger partial charge in [-0.3, -0.25) is 0 Å². The van der Waals surface area contributed by atoms with Crippen molar-refractivity contribution in [1.82, 2.24) is 4.98 Å². The quantitative estimate of drug-likeness (QED) is 0.727. The van der Waals surface area contributed by atoms with Crippen molar-refractivity contribution in [3.8, 4) is 22.1 Å². The maximum absolute atomic E-state index is 13.2. The lowest BCUT2D eigenvalue weighted by molar-refractivity contribution is 0.394. The van der Waals surface area contributed by atoms with Crippen molar-refractivity contribution in [3.05, 3.63) is 42.2 Å². The van der Waals surface area contributed by atoms with E-state index in [0.29, 0.717) is 17.0 Å². The van der Waals surface area contributed by atoms with Gasteiger partial charge in [-0.1, -0.05) is 0 Å². The fourth-order valence-corrected chi connectivity index (χ4v) is 2.89. The van der Waals surface area contributed by atoms with Crippen molar-refractivity contribution in [2.45, 2.75) is 0 Å². The number of aromatic nitrogens is 1. The molecular weight excluding hydrogens is 277 g/mol. The SMILES string of the molecule is COc1cc(OC)cc(-c2nc3cc(F)ccc3s2)c1. The van der Waals surface area contributed by atoms with Gasteiger partial charge in [-0.05, 0) is 24.3 Å². The number of halogens is 1. The highest BCUT2D eigenvalue weighted by Gasteiger charge is 2.10. The summed E-state index contributed by atoms with van der Waals surface area (Å²) in [6.07, 6.45) is 0. The number of fused-ring (bicyclic) bond motifs is 1. The molecule has 0 unspecified atom stereocenters. The highest BCUT2D eigenvalue weighted by atomic mass is 32.1. The van der Waals surface area contributed by atoms with Crippen LogP contribution >= 0.6 is 11.3 Å². The van der Waals surface area contributed by atoms with E-state index in [9.17, 15) is 4.39 Å². The lowest BCUT2D eigenvalue weighted by atomic mass is 10.2. The maximum Gasteiger partial charge on any atom is 0.125 e. The summed E-state index contributed by atoms with van der Waals surface area (Å²) in [5.41, 5.74) is 1.55. The minimum Gasteiger partial charge on any atom is -0.497 e. The summed E-state index contributed by atoms with van der Waals surface area (Å²) in [5, 5.41) is 0.808. The summed E-state index contributed by atoms with van der Waals surface area (Å²) in [6, 6.07) is 10.2. The van der Waals surface area contributed by atoms with Gasteiger partial charge >= 0.3 is 0 Å². The van der Waals surface area contributed by atoms with E-state index in [-0.39, 0.29) is 5.82 Å². The summed E-state index contributed by atoms with van der Waals surface area (Å²) in [6.45, 7) is 0. The van der Waals surface area contributed by atoms with Crippen molar-refractivity contribution < 1.29 is 13.9 Å². The zero-order valence-corrected chi connectivity index (χ0v) is 11.8. The zero-order chi connectivity index (χ0) is 14.1. The minimum absolute atomic E-state index is 0.280. The van der Waals surface area contributed by atoms with Crippen molar-refractivity contribution in [2.24, 2.45) is 0 Å². The molecule has 0 saturated heterocycles. The first-order valence-corrected chi connectivity index (χ1v) is 6.81. The zero-order valence-electron chi connectivity index (χ0n) is 11.0. The number of ether oxygens (including phenoxy) is 2. The fraction of sp³-hybridized carbons (Fsp3) is 0.133. The van der Waals surface area contributed by atoms with E-state index >= 15 is 0 Å². The van der Waals surface area contributed by atoms with Crippen LogP contribution in [-0.2, 0) is 0 Å². The molecule has 0 saturated carbocycles. The van der Waals surface area contributed by atoms with Crippen LogP contribution in [0.25, 0.3) is 20.8 Å². The predicted molar refractivity (Wildman–Crippen MR) is 78.1 cm³/mol. The normalized spacial score (nSPS) is 10.8. The molecule has 1 aromatic heterocycles. The van der Waals surface area contributed by atoms with Crippen LogP contribution in [-0.4, -0.2) is 19.2 Å². The lowest BCUT2D eigenvalue weighted by Gasteiger charge is -2.06. The molecular formula is C15H12FNO2S.